The van der Waals surface area contributed by atoms with Crippen molar-refractivity contribution in [3.05, 3.63) is 12.2 Å². The molecule has 0 aromatic rings. The molecule has 0 aromatic carbocycles. The van der Waals surface area contributed by atoms with Gasteiger partial charge in [0.25, 0.3) is 0 Å². The van der Waals surface area contributed by atoms with Gasteiger partial charge in [0.1, 0.15) is 0 Å². The van der Waals surface area contributed by atoms with E-state index in [9.17, 15) is 0 Å². The van der Waals surface area contributed by atoms with Crippen LogP contribution in [0.4, 0.5) is 0 Å². The predicted octanol–water partition coefficient (Wildman–Crippen LogP) is 4.15. The summed E-state index contributed by atoms with van der Waals surface area (Å²) in [4.78, 5) is 0. The van der Waals surface area contributed by atoms with Crippen molar-refractivity contribution in [3.8, 4) is 0 Å². The van der Waals surface area contributed by atoms with Gasteiger partial charge in [-0.25, -0.2) is 0 Å². The fraction of sp³-hybridized carbons (Fsp3) is 0.867. The maximum atomic E-state index is 3.44. The fourth-order valence-corrected chi connectivity index (χ4v) is 2.59. The van der Waals surface area contributed by atoms with E-state index in [2.05, 4.69) is 38.4 Å². The fourth-order valence-electron chi connectivity index (χ4n) is 2.59. The van der Waals surface area contributed by atoms with Crippen LogP contribution in [0.5, 0.6) is 0 Å². The molecule has 1 heteroatoms. The van der Waals surface area contributed by atoms with E-state index in [-0.39, 0.29) is 0 Å². The Morgan fingerprint density at radius 3 is 2.44 bits per heavy atom. The number of nitrogens with one attached hydrogen (secondary N) is 1. The monoisotopic (exact) mass is 223 g/mol. The number of allylic oxidation sites excluding steroid dienone is 1. The van der Waals surface area contributed by atoms with Gasteiger partial charge < -0.3 is 5.32 Å². The van der Waals surface area contributed by atoms with Crippen LogP contribution in [0.2, 0.25) is 0 Å². The van der Waals surface area contributed by atoms with Gasteiger partial charge in [0.15, 0.2) is 0 Å². The van der Waals surface area contributed by atoms with Crippen LogP contribution in [0.15, 0.2) is 12.2 Å². The van der Waals surface area contributed by atoms with E-state index in [0.717, 1.165) is 11.8 Å². The third kappa shape index (κ3) is 5.69. The summed E-state index contributed by atoms with van der Waals surface area (Å²) >= 11 is 0. The summed E-state index contributed by atoms with van der Waals surface area (Å²) in [5.74, 6) is 1.75. The summed E-state index contributed by atoms with van der Waals surface area (Å²) in [6.07, 6.45) is 14.6. The average Bonchev–Trinajstić information content (AvgIpc) is 2.28. The van der Waals surface area contributed by atoms with E-state index in [1.807, 2.05) is 0 Å². The summed E-state index contributed by atoms with van der Waals surface area (Å²) in [7, 11) is 2.09. The van der Waals surface area contributed by atoms with E-state index in [1.165, 1.54) is 44.9 Å². The highest BCUT2D eigenvalue weighted by Gasteiger charge is 2.16. The zero-order valence-electron chi connectivity index (χ0n) is 11.3. The molecule has 1 fully saturated rings. The maximum absolute atomic E-state index is 3.44. The first-order valence-electron chi connectivity index (χ1n) is 7.06. The van der Waals surface area contributed by atoms with Gasteiger partial charge in [-0.15, -0.1) is 0 Å². The topological polar surface area (TPSA) is 12.0 Å². The summed E-state index contributed by atoms with van der Waals surface area (Å²) in [6, 6.07) is 0.599. The molecule has 0 radical (unpaired) electrons. The van der Waals surface area contributed by atoms with Crippen molar-refractivity contribution in [1.29, 1.82) is 0 Å². The van der Waals surface area contributed by atoms with Gasteiger partial charge in [0.2, 0.25) is 0 Å². The van der Waals surface area contributed by atoms with Crippen molar-refractivity contribution < 1.29 is 0 Å². The Labute approximate surface area is 102 Å². The molecule has 1 N–H and O–H groups in total. The zero-order chi connectivity index (χ0) is 11.8. The van der Waals surface area contributed by atoms with Crippen LogP contribution in [-0.2, 0) is 0 Å². The molecule has 0 spiro atoms. The highest BCUT2D eigenvalue weighted by Crippen LogP contribution is 2.27. The Morgan fingerprint density at radius 2 is 1.88 bits per heavy atom. The molecule has 1 rings (SSSR count). The van der Waals surface area contributed by atoms with E-state index in [4.69, 9.17) is 0 Å². The first-order valence-corrected chi connectivity index (χ1v) is 7.06. The molecule has 0 saturated heterocycles. The molecule has 1 aliphatic carbocycles. The van der Waals surface area contributed by atoms with Crippen molar-refractivity contribution in [3.63, 3.8) is 0 Å². The van der Waals surface area contributed by atoms with Gasteiger partial charge in [0.05, 0.1) is 0 Å². The zero-order valence-corrected chi connectivity index (χ0v) is 11.3. The molecule has 0 aliphatic heterocycles. The van der Waals surface area contributed by atoms with Gasteiger partial charge in [0, 0.05) is 6.04 Å². The number of rotatable bonds is 6. The minimum atomic E-state index is 0.599. The standard InChI is InChI=1S/C15H29N/c1-13(2)8-7-11-15(16-3)12-14-9-5-4-6-10-14/h7,11,13-16H,4-6,8-10,12H2,1-3H3/t15-/m1/s1. The molecule has 0 bridgehead atoms. The van der Waals surface area contributed by atoms with Gasteiger partial charge in [-0.1, -0.05) is 58.1 Å². The predicted molar refractivity (Wildman–Crippen MR) is 72.6 cm³/mol. The molecule has 1 saturated carbocycles. The Morgan fingerprint density at radius 1 is 1.19 bits per heavy atom. The average molecular weight is 223 g/mol. The smallest absolute Gasteiger partial charge is 0.0249 e. The van der Waals surface area contributed by atoms with Crippen LogP contribution in [0.25, 0.3) is 0 Å². The lowest BCUT2D eigenvalue weighted by atomic mass is 9.84. The molecule has 0 heterocycles. The van der Waals surface area contributed by atoms with E-state index in [0.29, 0.717) is 6.04 Å². The van der Waals surface area contributed by atoms with Gasteiger partial charge in [-0.2, -0.15) is 0 Å². The second-order valence-electron chi connectivity index (χ2n) is 5.69. The van der Waals surface area contributed by atoms with Crippen molar-refractivity contribution >= 4 is 0 Å². The summed E-state index contributed by atoms with van der Waals surface area (Å²) in [5.41, 5.74) is 0. The number of likely N-dealkylation sites (N-methyl/N-ethyl adjacent to an activating group) is 1. The Bertz CT molecular complexity index is 190. The minimum Gasteiger partial charge on any atom is -0.314 e. The van der Waals surface area contributed by atoms with E-state index in [1.54, 1.807) is 0 Å². The SMILES string of the molecule is CN[C@H](C=CCC(C)C)CC1CCCCC1. The summed E-state index contributed by atoms with van der Waals surface area (Å²) in [6.45, 7) is 4.56. The maximum Gasteiger partial charge on any atom is 0.0249 e. The number of hydrogen-bond acceptors (Lipinski definition) is 1. The molecule has 0 unspecified atom stereocenters. The molecular weight excluding hydrogens is 194 g/mol. The van der Waals surface area contributed by atoms with Crippen molar-refractivity contribution in [1.82, 2.24) is 5.32 Å². The molecular formula is C15H29N. The quantitative estimate of drug-likeness (QED) is 0.667. The Balaban J connectivity index is 2.27. The van der Waals surface area contributed by atoms with Crippen molar-refractivity contribution in [2.24, 2.45) is 11.8 Å². The molecule has 0 aromatic heterocycles. The lowest BCUT2D eigenvalue weighted by Crippen LogP contribution is -2.26. The second-order valence-corrected chi connectivity index (χ2v) is 5.69. The lowest BCUT2D eigenvalue weighted by Gasteiger charge is -2.24. The van der Waals surface area contributed by atoms with Crippen LogP contribution >= 0.6 is 0 Å². The molecule has 1 nitrogen and oxygen atoms in total. The van der Waals surface area contributed by atoms with E-state index < -0.39 is 0 Å². The Kier molecular flexibility index (Phi) is 6.79. The van der Waals surface area contributed by atoms with Gasteiger partial charge in [-0.05, 0) is 31.7 Å². The first kappa shape index (κ1) is 13.8. The third-order valence-corrected chi connectivity index (χ3v) is 3.66. The van der Waals surface area contributed by atoms with Gasteiger partial charge >= 0.3 is 0 Å². The normalized spacial score (nSPS) is 20.8. The molecule has 94 valence electrons. The largest absolute Gasteiger partial charge is 0.314 e. The van der Waals surface area contributed by atoms with E-state index >= 15 is 0 Å². The summed E-state index contributed by atoms with van der Waals surface area (Å²) in [5, 5.41) is 3.44. The highest BCUT2D eigenvalue weighted by molar-refractivity contribution is 4.94. The molecule has 0 amide bonds. The van der Waals surface area contributed by atoms with Gasteiger partial charge in [-0.3, -0.25) is 0 Å². The number of hydrogen-bond donors (Lipinski definition) is 1. The van der Waals surface area contributed by atoms with Crippen LogP contribution in [0.3, 0.4) is 0 Å². The van der Waals surface area contributed by atoms with Crippen LogP contribution in [0, 0.1) is 11.8 Å². The molecule has 1 aliphatic rings. The van der Waals surface area contributed by atoms with Crippen molar-refractivity contribution in [2.45, 2.75) is 64.8 Å². The van der Waals surface area contributed by atoms with Crippen LogP contribution < -0.4 is 5.32 Å². The minimum absolute atomic E-state index is 0.599. The molecule has 16 heavy (non-hydrogen) atoms. The van der Waals surface area contributed by atoms with Crippen LogP contribution in [-0.4, -0.2) is 13.1 Å². The third-order valence-electron chi connectivity index (χ3n) is 3.66. The lowest BCUT2D eigenvalue weighted by molar-refractivity contribution is 0.319. The first-order chi connectivity index (χ1) is 7.72. The molecule has 1 atom stereocenters. The summed E-state index contributed by atoms with van der Waals surface area (Å²) < 4.78 is 0. The Hall–Kier alpha value is -0.300. The van der Waals surface area contributed by atoms with Crippen LogP contribution in [0.1, 0.15) is 58.8 Å². The second kappa shape index (κ2) is 7.89. The highest BCUT2D eigenvalue weighted by atomic mass is 14.9. The van der Waals surface area contributed by atoms with Crippen molar-refractivity contribution in [2.75, 3.05) is 7.05 Å².